The summed E-state index contributed by atoms with van der Waals surface area (Å²) in [5.74, 6) is 0. The van der Waals surface area contributed by atoms with E-state index in [4.69, 9.17) is 0 Å². The van der Waals surface area contributed by atoms with Gasteiger partial charge in [-0.2, -0.15) is 0 Å². The minimum Gasteiger partial charge on any atom is -0.317 e. The van der Waals surface area contributed by atoms with Gasteiger partial charge in [0.05, 0.1) is 0 Å². The summed E-state index contributed by atoms with van der Waals surface area (Å²) in [6.07, 6.45) is 4.22. The summed E-state index contributed by atoms with van der Waals surface area (Å²) in [6, 6.07) is 68.0. The van der Waals surface area contributed by atoms with Crippen LogP contribution >= 0.6 is 0 Å². The third-order valence-electron chi connectivity index (χ3n) is 8.60. The summed E-state index contributed by atoms with van der Waals surface area (Å²) in [6.45, 7) is 2.50. The molecule has 8 rings (SSSR count). The molecule has 0 aliphatic carbocycles. The van der Waals surface area contributed by atoms with Gasteiger partial charge < -0.3 is 5.32 Å². The van der Waals surface area contributed by atoms with Crippen molar-refractivity contribution in [3.8, 4) is 55.6 Å². The largest absolute Gasteiger partial charge is 0.317 e. The van der Waals surface area contributed by atoms with Gasteiger partial charge in [0.15, 0.2) is 0 Å². The van der Waals surface area contributed by atoms with Crippen LogP contribution in [-0.4, -0.2) is 13.1 Å². The molecule has 1 fully saturated rings. The van der Waals surface area contributed by atoms with Gasteiger partial charge in [0.25, 0.3) is 0 Å². The van der Waals surface area contributed by atoms with Crippen LogP contribution in [-0.2, 0) is 0 Å². The van der Waals surface area contributed by atoms with Gasteiger partial charge in [-0.1, -0.05) is 201 Å². The maximum atomic E-state index is 3.28. The second-order valence-corrected chi connectivity index (χ2v) is 11.9. The highest BCUT2D eigenvalue weighted by Gasteiger charge is 2.13. The zero-order valence-electron chi connectivity index (χ0n) is 27.5. The van der Waals surface area contributed by atoms with Crippen LogP contribution in [0.5, 0.6) is 0 Å². The van der Waals surface area contributed by atoms with E-state index in [1.807, 2.05) is 0 Å². The molecule has 1 nitrogen and oxygen atoms in total. The van der Waals surface area contributed by atoms with E-state index in [9.17, 15) is 0 Å². The quantitative estimate of drug-likeness (QED) is 0.202. The first-order valence-corrected chi connectivity index (χ1v) is 17.1. The highest BCUT2D eigenvalue weighted by molar-refractivity contribution is 5.94. The van der Waals surface area contributed by atoms with E-state index in [-0.39, 0.29) is 0 Å². The van der Waals surface area contributed by atoms with Crippen molar-refractivity contribution in [1.82, 2.24) is 5.32 Å². The molecule has 1 N–H and O–H groups in total. The van der Waals surface area contributed by atoms with E-state index < -0.39 is 0 Å². The maximum absolute atomic E-state index is 3.28. The van der Waals surface area contributed by atoms with Crippen LogP contribution in [0.15, 0.2) is 194 Å². The Balaban J connectivity index is 0.000000146. The molecule has 48 heavy (non-hydrogen) atoms. The molecule has 0 aromatic heterocycles. The van der Waals surface area contributed by atoms with Gasteiger partial charge >= 0.3 is 0 Å². The Labute approximate surface area is 286 Å². The van der Waals surface area contributed by atoms with Crippen LogP contribution in [0.1, 0.15) is 19.3 Å². The van der Waals surface area contributed by atoms with E-state index in [1.165, 1.54) is 88.0 Å². The summed E-state index contributed by atoms with van der Waals surface area (Å²) in [5.41, 5.74) is 12.6. The molecule has 7 aromatic carbocycles. The number of rotatable bonds is 5. The number of nitrogens with one attached hydrogen (secondary N) is 1. The standard InChI is InChI=1S/C24H18.C18H14.C5H11N/c1-4-11-19(12-5-1)22-17-10-18-23(20-13-6-2-7-14-20)24(22)21-15-8-3-9-16-21;1-3-9-15(10-4-1)17-13-7-8-14-18(17)16-11-5-2-6-12-16;1-2-4-6-5-3-1/h1-18H;1-14H;6H,1-5H2. The highest BCUT2D eigenvalue weighted by atomic mass is 14.9. The molecule has 1 heterocycles. The first kappa shape index (κ1) is 32.4. The van der Waals surface area contributed by atoms with Crippen molar-refractivity contribution in [2.45, 2.75) is 19.3 Å². The Bertz CT molecular complexity index is 1800. The second-order valence-electron chi connectivity index (χ2n) is 11.9. The van der Waals surface area contributed by atoms with Crippen molar-refractivity contribution in [3.05, 3.63) is 194 Å². The Kier molecular flexibility index (Phi) is 11.8. The van der Waals surface area contributed by atoms with E-state index in [0.717, 1.165) is 0 Å². The van der Waals surface area contributed by atoms with Crippen molar-refractivity contribution in [2.75, 3.05) is 13.1 Å². The first-order valence-electron chi connectivity index (χ1n) is 17.1. The molecule has 1 aliphatic rings. The SMILES string of the molecule is C1CCNCC1.c1ccc(-c2cccc(-c3ccccc3)c2-c2ccccc2)cc1.c1ccc(-c2ccccc2-c2ccccc2)cc1. The van der Waals surface area contributed by atoms with Crippen LogP contribution in [0, 0.1) is 0 Å². The fourth-order valence-corrected chi connectivity index (χ4v) is 6.21. The Hall–Kier alpha value is -5.50. The number of hydrogen-bond acceptors (Lipinski definition) is 1. The molecule has 7 aromatic rings. The lowest BCUT2D eigenvalue weighted by atomic mass is 9.88. The van der Waals surface area contributed by atoms with E-state index in [0.29, 0.717) is 0 Å². The fourth-order valence-electron chi connectivity index (χ4n) is 6.21. The summed E-state index contributed by atoms with van der Waals surface area (Å²) in [4.78, 5) is 0. The van der Waals surface area contributed by atoms with Crippen molar-refractivity contribution < 1.29 is 0 Å². The predicted molar refractivity (Wildman–Crippen MR) is 207 cm³/mol. The normalized spacial score (nSPS) is 12.1. The Morgan fingerprint density at radius 1 is 0.250 bits per heavy atom. The summed E-state index contributed by atoms with van der Waals surface area (Å²) in [5, 5.41) is 3.28. The molecule has 1 aliphatic heterocycles. The molecule has 0 radical (unpaired) electrons. The van der Waals surface area contributed by atoms with Gasteiger partial charge in [-0.3, -0.25) is 0 Å². The summed E-state index contributed by atoms with van der Waals surface area (Å²) >= 11 is 0. The number of benzene rings is 7. The van der Waals surface area contributed by atoms with Gasteiger partial charge in [0, 0.05) is 0 Å². The zero-order valence-corrected chi connectivity index (χ0v) is 27.5. The minimum atomic E-state index is 1.24. The van der Waals surface area contributed by atoms with Crippen LogP contribution in [0.3, 0.4) is 0 Å². The van der Waals surface area contributed by atoms with Gasteiger partial charge in [-0.05, 0) is 81.6 Å². The van der Waals surface area contributed by atoms with Crippen molar-refractivity contribution in [3.63, 3.8) is 0 Å². The fraction of sp³-hybridized carbons (Fsp3) is 0.106. The molecule has 0 atom stereocenters. The van der Waals surface area contributed by atoms with Gasteiger partial charge in [0.2, 0.25) is 0 Å². The summed E-state index contributed by atoms with van der Waals surface area (Å²) in [7, 11) is 0. The topological polar surface area (TPSA) is 12.0 Å². The molecule has 0 bridgehead atoms. The van der Waals surface area contributed by atoms with Crippen LogP contribution in [0.25, 0.3) is 55.6 Å². The predicted octanol–water partition coefficient (Wildman–Crippen LogP) is 12.5. The third kappa shape index (κ3) is 8.64. The lowest BCUT2D eigenvalue weighted by molar-refractivity contribution is 0.520. The molecular formula is C47H43N. The molecule has 0 saturated carbocycles. The van der Waals surface area contributed by atoms with Gasteiger partial charge in [0.1, 0.15) is 0 Å². The number of piperidine rings is 1. The third-order valence-corrected chi connectivity index (χ3v) is 8.60. The highest BCUT2D eigenvalue weighted by Crippen LogP contribution is 2.39. The monoisotopic (exact) mass is 621 g/mol. The molecule has 236 valence electrons. The molecule has 0 unspecified atom stereocenters. The molecule has 0 amide bonds. The van der Waals surface area contributed by atoms with Gasteiger partial charge in [-0.25, -0.2) is 0 Å². The Morgan fingerprint density at radius 2 is 0.542 bits per heavy atom. The van der Waals surface area contributed by atoms with Crippen molar-refractivity contribution in [1.29, 1.82) is 0 Å². The zero-order chi connectivity index (χ0) is 32.6. The van der Waals surface area contributed by atoms with Gasteiger partial charge in [-0.15, -0.1) is 0 Å². The molecule has 1 saturated heterocycles. The maximum Gasteiger partial charge on any atom is -0.00268 e. The second kappa shape index (κ2) is 17.4. The van der Waals surface area contributed by atoms with E-state index in [2.05, 4.69) is 199 Å². The van der Waals surface area contributed by atoms with Crippen molar-refractivity contribution in [2.24, 2.45) is 0 Å². The molecule has 1 heteroatoms. The van der Waals surface area contributed by atoms with E-state index in [1.54, 1.807) is 0 Å². The molecule has 0 spiro atoms. The lowest BCUT2D eigenvalue weighted by Gasteiger charge is -2.16. The average molecular weight is 622 g/mol. The number of hydrogen-bond donors (Lipinski definition) is 1. The van der Waals surface area contributed by atoms with E-state index >= 15 is 0 Å². The first-order chi connectivity index (χ1) is 23.9. The van der Waals surface area contributed by atoms with Crippen LogP contribution < -0.4 is 5.32 Å². The van der Waals surface area contributed by atoms with Crippen LogP contribution in [0.4, 0.5) is 0 Å². The average Bonchev–Trinajstić information content (AvgIpc) is 3.20. The lowest BCUT2D eigenvalue weighted by Crippen LogP contribution is -2.21. The minimum absolute atomic E-state index is 1.24. The van der Waals surface area contributed by atoms with Crippen molar-refractivity contribution >= 4 is 0 Å². The Morgan fingerprint density at radius 3 is 0.854 bits per heavy atom. The summed E-state index contributed by atoms with van der Waals surface area (Å²) < 4.78 is 0. The molecular weight excluding hydrogens is 579 g/mol. The smallest absolute Gasteiger partial charge is 0.00268 e. The van der Waals surface area contributed by atoms with Crippen LogP contribution in [0.2, 0.25) is 0 Å².